The van der Waals surface area contributed by atoms with Gasteiger partial charge in [0.1, 0.15) is 12.2 Å². The Morgan fingerprint density at radius 2 is 1.91 bits per heavy atom. The van der Waals surface area contributed by atoms with E-state index in [2.05, 4.69) is 0 Å². The number of hydrogen-bond acceptors (Lipinski definition) is 5. The minimum atomic E-state index is -1.40. The number of carbonyl (C=O) groups is 1. The smallest absolute Gasteiger partial charge is 0.342 e. The number of aromatic carboxylic acids is 1. The zero-order chi connectivity index (χ0) is 16.1. The molecule has 2 aromatic carbocycles. The largest absolute Gasteiger partial charge is 0.488 e. The van der Waals surface area contributed by atoms with Crippen LogP contribution in [0.1, 0.15) is 15.9 Å². The van der Waals surface area contributed by atoms with E-state index in [4.69, 9.17) is 14.6 Å². The molecule has 2 aromatic rings. The topological polar surface area (TPSA) is 98.9 Å². The molecule has 0 bridgehead atoms. The van der Waals surface area contributed by atoms with E-state index in [1.54, 1.807) is 0 Å². The van der Waals surface area contributed by atoms with E-state index in [-0.39, 0.29) is 18.1 Å². The lowest BCUT2D eigenvalue weighted by atomic mass is 10.1. The molecule has 0 saturated heterocycles. The van der Waals surface area contributed by atoms with Gasteiger partial charge in [-0.25, -0.2) is 4.79 Å². The highest BCUT2D eigenvalue weighted by Crippen LogP contribution is 2.39. The highest BCUT2D eigenvalue weighted by molar-refractivity contribution is 5.94. The number of benzene rings is 2. The Labute approximate surface area is 125 Å². The van der Waals surface area contributed by atoms with Gasteiger partial charge in [0.25, 0.3) is 0 Å². The van der Waals surface area contributed by atoms with Crippen LogP contribution in [0.2, 0.25) is 0 Å². The monoisotopic (exact) mass is 303 g/mol. The molecule has 0 amide bonds. The summed E-state index contributed by atoms with van der Waals surface area (Å²) in [5.41, 5.74) is -0.205. The van der Waals surface area contributed by atoms with Crippen LogP contribution in [0.15, 0.2) is 42.5 Å². The van der Waals surface area contributed by atoms with E-state index in [0.29, 0.717) is 0 Å². The number of nitrogens with zero attached hydrogens (tertiary/aromatic N) is 1. The second-order valence-electron chi connectivity index (χ2n) is 4.33. The van der Waals surface area contributed by atoms with Crippen LogP contribution in [0.4, 0.5) is 5.69 Å². The third kappa shape index (κ3) is 3.14. The van der Waals surface area contributed by atoms with Gasteiger partial charge in [-0.15, -0.1) is 0 Å². The molecule has 7 heteroatoms. The summed E-state index contributed by atoms with van der Waals surface area (Å²) in [6.07, 6.45) is 0. The Morgan fingerprint density at radius 1 is 1.23 bits per heavy atom. The van der Waals surface area contributed by atoms with Crippen LogP contribution in [0, 0.1) is 10.1 Å². The fourth-order valence-corrected chi connectivity index (χ4v) is 1.95. The molecule has 1 N–H and O–H groups in total. The highest BCUT2D eigenvalue weighted by atomic mass is 16.6. The Hall–Kier alpha value is -3.09. The maximum Gasteiger partial charge on any atom is 0.342 e. The third-order valence-corrected chi connectivity index (χ3v) is 2.95. The molecule has 0 heterocycles. The number of methoxy groups -OCH3 is 1. The van der Waals surface area contributed by atoms with Gasteiger partial charge in [0.15, 0.2) is 5.75 Å². The SMILES string of the molecule is COc1c(OCc2ccccc2)ccc(C(=O)O)c1[N+](=O)[O-]. The number of hydrogen-bond donors (Lipinski definition) is 1. The second kappa shape index (κ2) is 6.57. The molecule has 0 aliphatic rings. The summed E-state index contributed by atoms with van der Waals surface area (Å²) < 4.78 is 10.5. The minimum Gasteiger partial charge on any atom is -0.488 e. The van der Waals surface area contributed by atoms with Crippen molar-refractivity contribution in [2.24, 2.45) is 0 Å². The molecular weight excluding hydrogens is 290 g/mol. The van der Waals surface area contributed by atoms with Crippen molar-refractivity contribution in [2.45, 2.75) is 6.61 Å². The first-order valence-corrected chi connectivity index (χ1v) is 6.30. The highest BCUT2D eigenvalue weighted by Gasteiger charge is 2.29. The lowest BCUT2D eigenvalue weighted by Gasteiger charge is -2.12. The van der Waals surface area contributed by atoms with Crippen molar-refractivity contribution < 1.29 is 24.3 Å². The molecule has 0 unspecified atom stereocenters. The average Bonchev–Trinajstić information content (AvgIpc) is 2.52. The number of carboxylic acids is 1. The maximum absolute atomic E-state index is 11.1. The Bertz CT molecular complexity index is 699. The molecule has 0 spiro atoms. The van der Waals surface area contributed by atoms with Gasteiger partial charge in [-0.05, 0) is 17.7 Å². The van der Waals surface area contributed by atoms with E-state index in [0.717, 1.165) is 11.6 Å². The molecule has 0 aliphatic heterocycles. The Morgan fingerprint density at radius 3 is 2.45 bits per heavy atom. The third-order valence-electron chi connectivity index (χ3n) is 2.95. The zero-order valence-corrected chi connectivity index (χ0v) is 11.7. The molecule has 0 aliphatic carbocycles. The van der Waals surface area contributed by atoms with Crippen molar-refractivity contribution in [3.63, 3.8) is 0 Å². The molecule has 0 saturated carbocycles. The second-order valence-corrected chi connectivity index (χ2v) is 4.33. The Balaban J connectivity index is 2.38. The van der Waals surface area contributed by atoms with Crippen molar-refractivity contribution in [2.75, 3.05) is 7.11 Å². The fraction of sp³-hybridized carbons (Fsp3) is 0.133. The van der Waals surface area contributed by atoms with Crippen molar-refractivity contribution in [1.82, 2.24) is 0 Å². The van der Waals surface area contributed by atoms with E-state index >= 15 is 0 Å². The predicted molar refractivity (Wildman–Crippen MR) is 77.4 cm³/mol. The van der Waals surface area contributed by atoms with Gasteiger partial charge in [0, 0.05) is 0 Å². The van der Waals surface area contributed by atoms with Gasteiger partial charge in [-0.3, -0.25) is 10.1 Å². The minimum absolute atomic E-state index is 0.114. The first-order chi connectivity index (χ1) is 10.5. The van der Waals surface area contributed by atoms with E-state index in [1.165, 1.54) is 13.2 Å². The number of nitro groups is 1. The van der Waals surface area contributed by atoms with E-state index < -0.39 is 22.1 Å². The number of rotatable bonds is 6. The predicted octanol–water partition coefficient (Wildman–Crippen LogP) is 2.88. The molecule has 0 atom stereocenters. The molecule has 0 fully saturated rings. The number of ether oxygens (including phenoxy) is 2. The quantitative estimate of drug-likeness (QED) is 0.650. The summed E-state index contributed by atoms with van der Waals surface area (Å²) in [4.78, 5) is 21.4. The van der Waals surface area contributed by atoms with E-state index in [1.807, 2.05) is 30.3 Å². The van der Waals surface area contributed by atoms with Crippen molar-refractivity contribution in [3.8, 4) is 11.5 Å². The normalized spacial score (nSPS) is 10.0. The van der Waals surface area contributed by atoms with Gasteiger partial charge >= 0.3 is 11.7 Å². The molecule has 7 nitrogen and oxygen atoms in total. The van der Waals surface area contributed by atoms with Crippen molar-refractivity contribution >= 4 is 11.7 Å². The van der Waals surface area contributed by atoms with Crippen LogP contribution in [-0.2, 0) is 6.61 Å². The van der Waals surface area contributed by atoms with Crippen LogP contribution in [0.5, 0.6) is 11.5 Å². The molecule has 114 valence electrons. The number of carboxylic acid groups (broad SMARTS) is 1. The average molecular weight is 303 g/mol. The van der Waals surface area contributed by atoms with Crippen LogP contribution < -0.4 is 9.47 Å². The number of nitro benzene ring substituents is 1. The fourth-order valence-electron chi connectivity index (χ4n) is 1.95. The van der Waals surface area contributed by atoms with Crippen LogP contribution in [0.25, 0.3) is 0 Å². The zero-order valence-electron chi connectivity index (χ0n) is 11.7. The van der Waals surface area contributed by atoms with Gasteiger partial charge in [-0.2, -0.15) is 0 Å². The summed E-state index contributed by atoms with van der Waals surface area (Å²) in [5.74, 6) is -1.50. The van der Waals surface area contributed by atoms with Crippen molar-refractivity contribution in [3.05, 3.63) is 63.7 Å². The van der Waals surface area contributed by atoms with Crippen LogP contribution in [0.3, 0.4) is 0 Å². The molecule has 2 rings (SSSR count). The summed E-state index contributed by atoms with van der Waals surface area (Å²) in [6, 6.07) is 11.7. The summed E-state index contributed by atoms with van der Waals surface area (Å²) in [6.45, 7) is 0.181. The van der Waals surface area contributed by atoms with E-state index in [9.17, 15) is 14.9 Å². The lowest BCUT2D eigenvalue weighted by molar-refractivity contribution is -0.386. The summed E-state index contributed by atoms with van der Waals surface area (Å²) >= 11 is 0. The summed E-state index contributed by atoms with van der Waals surface area (Å²) in [5, 5.41) is 20.2. The van der Waals surface area contributed by atoms with Crippen LogP contribution in [-0.4, -0.2) is 23.1 Å². The molecule has 0 radical (unpaired) electrons. The Kier molecular flexibility index (Phi) is 4.57. The van der Waals surface area contributed by atoms with Gasteiger partial charge in [0.05, 0.1) is 12.0 Å². The molecular formula is C15H13NO6. The van der Waals surface area contributed by atoms with Crippen molar-refractivity contribution in [1.29, 1.82) is 0 Å². The lowest BCUT2D eigenvalue weighted by Crippen LogP contribution is -2.06. The first-order valence-electron chi connectivity index (χ1n) is 6.30. The van der Waals surface area contributed by atoms with Gasteiger partial charge in [-0.1, -0.05) is 30.3 Å². The van der Waals surface area contributed by atoms with Crippen LogP contribution >= 0.6 is 0 Å². The maximum atomic E-state index is 11.1. The standard InChI is InChI=1S/C15H13NO6/c1-21-14-12(22-9-10-5-3-2-4-6-10)8-7-11(15(17)18)13(14)16(19)20/h2-8H,9H2,1H3,(H,17,18). The molecule has 0 aromatic heterocycles. The van der Waals surface area contributed by atoms with Gasteiger partial charge < -0.3 is 14.6 Å². The van der Waals surface area contributed by atoms with Gasteiger partial charge in [0.2, 0.25) is 5.75 Å². The summed E-state index contributed by atoms with van der Waals surface area (Å²) in [7, 11) is 1.23. The molecule has 22 heavy (non-hydrogen) atoms. The first kappa shape index (κ1) is 15.3.